The molecule has 3 rings (SSSR count). The van der Waals surface area contributed by atoms with E-state index in [2.05, 4.69) is 66.4 Å². The van der Waals surface area contributed by atoms with E-state index in [0.717, 1.165) is 0 Å². The topological polar surface area (TPSA) is 3.24 Å². The molecule has 0 aromatic heterocycles. The Kier molecular flexibility index (Phi) is 3.54. The van der Waals surface area contributed by atoms with Crippen molar-refractivity contribution in [2.24, 2.45) is 0 Å². The molecule has 0 saturated carbocycles. The molecule has 0 N–H and O–H groups in total. The molecular formula is C18H21N. The quantitative estimate of drug-likeness (QED) is 0.746. The molecule has 1 nitrogen and oxygen atoms in total. The van der Waals surface area contributed by atoms with E-state index in [1.54, 1.807) is 0 Å². The van der Waals surface area contributed by atoms with Gasteiger partial charge >= 0.3 is 0 Å². The first-order valence-electron chi connectivity index (χ1n) is 7.23. The number of piperidine rings is 1. The predicted molar refractivity (Wildman–Crippen MR) is 81.6 cm³/mol. The zero-order chi connectivity index (χ0) is 13.1. The molecule has 0 amide bonds. The highest BCUT2D eigenvalue weighted by Gasteiger charge is 2.23. The molecule has 19 heavy (non-hydrogen) atoms. The Balaban J connectivity index is 1.91. The van der Waals surface area contributed by atoms with Crippen LogP contribution in [-0.2, 0) is 0 Å². The molecule has 0 bridgehead atoms. The van der Waals surface area contributed by atoms with Crippen LogP contribution in [0.15, 0.2) is 54.6 Å². The van der Waals surface area contributed by atoms with Gasteiger partial charge in [0.05, 0.1) is 6.04 Å². The number of rotatable bonds is 2. The Hall–Kier alpha value is -1.76. The minimum absolute atomic E-state index is 0.539. The number of nitrogens with zero attached hydrogens (tertiary/aromatic N) is 1. The van der Waals surface area contributed by atoms with Crippen LogP contribution < -0.4 is 4.90 Å². The van der Waals surface area contributed by atoms with Gasteiger partial charge in [0.1, 0.15) is 0 Å². The lowest BCUT2D eigenvalue weighted by atomic mass is 9.94. The van der Waals surface area contributed by atoms with Crippen molar-refractivity contribution in [1.29, 1.82) is 0 Å². The van der Waals surface area contributed by atoms with Crippen molar-refractivity contribution in [3.05, 3.63) is 65.7 Å². The Morgan fingerprint density at radius 2 is 1.63 bits per heavy atom. The van der Waals surface area contributed by atoms with Crippen LogP contribution >= 0.6 is 0 Å². The van der Waals surface area contributed by atoms with E-state index in [0.29, 0.717) is 6.04 Å². The Bertz CT molecular complexity index is 515. The van der Waals surface area contributed by atoms with Gasteiger partial charge in [0, 0.05) is 12.2 Å². The first-order chi connectivity index (χ1) is 9.34. The van der Waals surface area contributed by atoms with Crippen molar-refractivity contribution in [2.45, 2.75) is 32.2 Å². The average Bonchev–Trinajstić information content (AvgIpc) is 2.49. The Morgan fingerprint density at radius 3 is 2.37 bits per heavy atom. The maximum atomic E-state index is 2.56. The zero-order valence-corrected chi connectivity index (χ0v) is 11.5. The fraction of sp³-hybridized carbons (Fsp3) is 0.333. The number of benzene rings is 2. The Labute approximate surface area is 115 Å². The van der Waals surface area contributed by atoms with Gasteiger partial charge in [0.15, 0.2) is 0 Å². The van der Waals surface area contributed by atoms with Gasteiger partial charge in [-0.25, -0.2) is 0 Å². The summed E-state index contributed by atoms with van der Waals surface area (Å²) in [6.07, 6.45) is 3.90. The fourth-order valence-electron chi connectivity index (χ4n) is 3.00. The van der Waals surface area contributed by atoms with Gasteiger partial charge in [0.2, 0.25) is 0 Å². The molecule has 98 valence electrons. The maximum Gasteiger partial charge on any atom is 0.0542 e. The number of anilines is 1. The van der Waals surface area contributed by atoms with Gasteiger partial charge in [-0.15, -0.1) is 0 Å². The van der Waals surface area contributed by atoms with Gasteiger partial charge in [-0.1, -0.05) is 48.0 Å². The second kappa shape index (κ2) is 5.48. The summed E-state index contributed by atoms with van der Waals surface area (Å²) in [6.45, 7) is 3.32. The number of para-hydroxylation sites is 1. The summed E-state index contributed by atoms with van der Waals surface area (Å²) >= 11 is 0. The van der Waals surface area contributed by atoms with Gasteiger partial charge in [0.25, 0.3) is 0 Å². The van der Waals surface area contributed by atoms with Crippen molar-refractivity contribution in [2.75, 3.05) is 11.4 Å². The summed E-state index contributed by atoms with van der Waals surface area (Å²) < 4.78 is 0. The van der Waals surface area contributed by atoms with Crippen LogP contribution in [0.3, 0.4) is 0 Å². The van der Waals surface area contributed by atoms with Crippen LogP contribution in [0.2, 0.25) is 0 Å². The van der Waals surface area contributed by atoms with Gasteiger partial charge in [-0.05, 0) is 43.9 Å². The highest BCUT2D eigenvalue weighted by molar-refractivity contribution is 5.49. The minimum atomic E-state index is 0.539. The third kappa shape index (κ3) is 2.65. The van der Waals surface area contributed by atoms with Crippen molar-refractivity contribution < 1.29 is 0 Å². The molecule has 1 fully saturated rings. The van der Waals surface area contributed by atoms with Gasteiger partial charge in [-0.2, -0.15) is 0 Å². The number of hydrogen-bond donors (Lipinski definition) is 0. The Morgan fingerprint density at radius 1 is 0.895 bits per heavy atom. The number of hydrogen-bond acceptors (Lipinski definition) is 1. The fourth-order valence-corrected chi connectivity index (χ4v) is 3.00. The lowest BCUT2D eigenvalue weighted by molar-refractivity contribution is 0.473. The van der Waals surface area contributed by atoms with Crippen molar-refractivity contribution in [3.8, 4) is 0 Å². The first kappa shape index (κ1) is 12.3. The van der Waals surface area contributed by atoms with E-state index in [-0.39, 0.29) is 0 Å². The van der Waals surface area contributed by atoms with Crippen molar-refractivity contribution in [3.63, 3.8) is 0 Å². The van der Waals surface area contributed by atoms with Crippen molar-refractivity contribution >= 4 is 5.69 Å². The van der Waals surface area contributed by atoms with E-state index in [1.165, 1.54) is 42.6 Å². The monoisotopic (exact) mass is 251 g/mol. The molecule has 1 unspecified atom stereocenters. The van der Waals surface area contributed by atoms with Crippen LogP contribution in [0.1, 0.15) is 36.4 Å². The highest BCUT2D eigenvalue weighted by Crippen LogP contribution is 2.34. The predicted octanol–water partition coefficient (Wildman–Crippen LogP) is 4.73. The zero-order valence-electron chi connectivity index (χ0n) is 11.5. The summed E-state index contributed by atoms with van der Waals surface area (Å²) in [4.78, 5) is 2.56. The molecule has 2 aromatic carbocycles. The molecule has 0 aliphatic carbocycles. The van der Waals surface area contributed by atoms with Gasteiger partial charge < -0.3 is 4.90 Å². The van der Waals surface area contributed by atoms with E-state index in [9.17, 15) is 0 Å². The number of aryl methyl sites for hydroxylation is 1. The highest BCUT2D eigenvalue weighted by atomic mass is 15.2. The third-order valence-electron chi connectivity index (χ3n) is 4.05. The van der Waals surface area contributed by atoms with E-state index in [1.807, 2.05) is 0 Å². The molecule has 1 heterocycles. The van der Waals surface area contributed by atoms with Crippen molar-refractivity contribution in [1.82, 2.24) is 0 Å². The van der Waals surface area contributed by atoms with Gasteiger partial charge in [-0.3, -0.25) is 0 Å². The average molecular weight is 251 g/mol. The molecule has 0 radical (unpaired) electrons. The molecule has 0 spiro atoms. The van der Waals surface area contributed by atoms with Crippen LogP contribution in [-0.4, -0.2) is 6.54 Å². The molecule has 1 aliphatic heterocycles. The summed E-state index contributed by atoms with van der Waals surface area (Å²) in [7, 11) is 0. The molecule has 1 heteroatoms. The molecule has 1 saturated heterocycles. The summed E-state index contributed by atoms with van der Waals surface area (Å²) in [5.41, 5.74) is 4.15. The van der Waals surface area contributed by atoms with Crippen LogP contribution in [0.5, 0.6) is 0 Å². The lowest BCUT2D eigenvalue weighted by Crippen LogP contribution is -2.33. The van der Waals surface area contributed by atoms with Crippen LogP contribution in [0, 0.1) is 6.92 Å². The minimum Gasteiger partial charge on any atom is -0.364 e. The second-order valence-electron chi connectivity index (χ2n) is 5.45. The smallest absolute Gasteiger partial charge is 0.0542 e. The summed E-state index contributed by atoms with van der Waals surface area (Å²) in [6, 6.07) is 20.4. The summed E-state index contributed by atoms with van der Waals surface area (Å²) in [5.74, 6) is 0. The maximum absolute atomic E-state index is 2.56. The largest absolute Gasteiger partial charge is 0.364 e. The SMILES string of the molecule is Cc1ccc(C2CCCCN2c2ccccc2)cc1. The molecular weight excluding hydrogens is 230 g/mol. The second-order valence-corrected chi connectivity index (χ2v) is 5.45. The third-order valence-corrected chi connectivity index (χ3v) is 4.05. The normalized spacial score (nSPS) is 19.4. The van der Waals surface area contributed by atoms with Crippen LogP contribution in [0.25, 0.3) is 0 Å². The molecule has 1 atom stereocenters. The first-order valence-corrected chi connectivity index (χ1v) is 7.23. The lowest BCUT2D eigenvalue weighted by Gasteiger charge is -2.38. The van der Waals surface area contributed by atoms with Crippen LogP contribution in [0.4, 0.5) is 5.69 Å². The van der Waals surface area contributed by atoms with E-state index in [4.69, 9.17) is 0 Å². The van der Waals surface area contributed by atoms with E-state index < -0.39 is 0 Å². The standard InChI is InChI=1S/C18H21N/c1-15-10-12-16(13-11-15)18-9-5-6-14-19(18)17-7-3-2-4-8-17/h2-4,7-8,10-13,18H,5-6,9,14H2,1H3. The molecule has 1 aliphatic rings. The molecule has 2 aromatic rings. The van der Waals surface area contributed by atoms with E-state index >= 15 is 0 Å². The summed E-state index contributed by atoms with van der Waals surface area (Å²) in [5, 5.41) is 0.